The van der Waals surface area contributed by atoms with Crippen LogP contribution in [0.15, 0.2) is 12.4 Å². The standard InChI is InChI=1S/C13H16N4O3S/c1-4-17-6-9(5-14-17)11(18)15-8(3)12-16-7(2)10(21-12)13(19)20/h5-6,8H,4H2,1-3H3,(H,15,18)(H,19,20). The van der Waals surface area contributed by atoms with Gasteiger partial charge in [0.1, 0.15) is 9.88 Å². The Morgan fingerprint density at radius 2 is 2.24 bits per heavy atom. The lowest BCUT2D eigenvalue weighted by Gasteiger charge is -2.09. The maximum absolute atomic E-state index is 12.1. The molecule has 2 aromatic heterocycles. The SMILES string of the molecule is CCn1cc(C(=O)NC(C)c2nc(C)c(C(=O)O)s2)cn1. The Labute approximate surface area is 125 Å². The van der Waals surface area contributed by atoms with Crippen LogP contribution in [0.2, 0.25) is 0 Å². The third kappa shape index (κ3) is 3.27. The first kappa shape index (κ1) is 15.2. The topological polar surface area (TPSA) is 97.1 Å². The molecule has 0 spiro atoms. The van der Waals surface area contributed by atoms with Gasteiger partial charge in [0.15, 0.2) is 0 Å². The van der Waals surface area contributed by atoms with E-state index in [4.69, 9.17) is 5.11 Å². The van der Waals surface area contributed by atoms with Crippen molar-refractivity contribution in [2.24, 2.45) is 0 Å². The molecule has 2 heterocycles. The van der Waals surface area contributed by atoms with E-state index in [9.17, 15) is 9.59 Å². The van der Waals surface area contributed by atoms with Crippen LogP contribution in [0.5, 0.6) is 0 Å². The molecule has 0 aromatic carbocycles. The van der Waals surface area contributed by atoms with E-state index in [2.05, 4.69) is 15.4 Å². The van der Waals surface area contributed by atoms with Crippen molar-refractivity contribution in [3.63, 3.8) is 0 Å². The summed E-state index contributed by atoms with van der Waals surface area (Å²) in [7, 11) is 0. The summed E-state index contributed by atoms with van der Waals surface area (Å²) in [6.45, 7) is 6.04. The quantitative estimate of drug-likeness (QED) is 0.878. The molecule has 0 saturated heterocycles. The summed E-state index contributed by atoms with van der Waals surface area (Å²) in [5, 5.41) is 16.4. The van der Waals surface area contributed by atoms with E-state index in [1.54, 1.807) is 24.7 Å². The van der Waals surface area contributed by atoms with Gasteiger partial charge < -0.3 is 10.4 Å². The molecule has 0 saturated carbocycles. The highest BCUT2D eigenvalue weighted by molar-refractivity contribution is 7.13. The van der Waals surface area contributed by atoms with Crippen LogP contribution in [0.25, 0.3) is 0 Å². The molecule has 0 aliphatic heterocycles. The van der Waals surface area contributed by atoms with Crippen molar-refractivity contribution >= 4 is 23.2 Å². The number of aromatic carboxylic acids is 1. The van der Waals surface area contributed by atoms with Crippen molar-refractivity contribution < 1.29 is 14.7 Å². The number of carbonyl (C=O) groups is 2. The molecule has 112 valence electrons. The highest BCUT2D eigenvalue weighted by Gasteiger charge is 2.20. The molecule has 2 aromatic rings. The zero-order valence-electron chi connectivity index (χ0n) is 12.0. The number of carboxylic acid groups (broad SMARTS) is 1. The van der Waals surface area contributed by atoms with E-state index >= 15 is 0 Å². The van der Waals surface area contributed by atoms with Crippen LogP contribution in [-0.2, 0) is 6.54 Å². The Morgan fingerprint density at radius 3 is 2.76 bits per heavy atom. The number of rotatable bonds is 5. The summed E-state index contributed by atoms with van der Waals surface area (Å²) in [4.78, 5) is 27.5. The fourth-order valence-electron chi connectivity index (χ4n) is 1.80. The van der Waals surface area contributed by atoms with Crippen molar-refractivity contribution in [1.29, 1.82) is 0 Å². The van der Waals surface area contributed by atoms with Gasteiger partial charge in [-0.2, -0.15) is 5.10 Å². The van der Waals surface area contributed by atoms with E-state index in [0.717, 1.165) is 11.3 Å². The molecular formula is C13H16N4O3S. The van der Waals surface area contributed by atoms with Crippen molar-refractivity contribution in [1.82, 2.24) is 20.1 Å². The van der Waals surface area contributed by atoms with E-state index < -0.39 is 5.97 Å². The van der Waals surface area contributed by atoms with Gasteiger partial charge in [0.2, 0.25) is 0 Å². The number of nitrogens with zero attached hydrogens (tertiary/aromatic N) is 3. The Balaban J connectivity index is 2.10. The molecule has 0 radical (unpaired) electrons. The average molecular weight is 308 g/mol. The molecule has 0 fully saturated rings. The maximum Gasteiger partial charge on any atom is 0.347 e. The number of aromatic nitrogens is 3. The highest BCUT2D eigenvalue weighted by atomic mass is 32.1. The van der Waals surface area contributed by atoms with E-state index in [1.165, 1.54) is 6.20 Å². The normalized spacial score (nSPS) is 12.1. The number of carbonyl (C=O) groups excluding carboxylic acids is 1. The number of thiazole rings is 1. The van der Waals surface area contributed by atoms with Gasteiger partial charge in [-0.3, -0.25) is 9.48 Å². The lowest BCUT2D eigenvalue weighted by Crippen LogP contribution is -2.26. The lowest BCUT2D eigenvalue weighted by atomic mass is 10.3. The molecule has 2 rings (SSSR count). The fourth-order valence-corrected chi connectivity index (χ4v) is 2.70. The molecule has 1 atom stereocenters. The summed E-state index contributed by atoms with van der Waals surface area (Å²) in [6.07, 6.45) is 3.17. The third-order valence-electron chi connectivity index (χ3n) is 2.94. The van der Waals surface area contributed by atoms with Gasteiger partial charge in [-0.05, 0) is 20.8 Å². The zero-order valence-corrected chi connectivity index (χ0v) is 12.8. The van der Waals surface area contributed by atoms with Crippen LogP contribution in [-0.4, -0.2) is 31.7 Å². The smallest absolute Gasteiger partial charge is 0.347 e. The maximum atomic E-state index is 12.1. The number of hydrogen-bond acceptors (Lipinski definition) is 5. The number of aryl methyl sites for hydroxylation is 2. The van der Waals surface area contributed by atoms with Crippen molar-refractivity contribution in [2.45, 2.75) is 33.4 Å². The zero-order chi connectivity index (χ0) is 15.6. The van der Waals surface area contributed by atoms with Crippen LogP contribution >= 0.6 is 11.3 Å². The van der Waals surface area contributed by atoms with Crippen LogP contribution < -0.4 is 5.32 Å². The van der Waals surface area contributed by atoms with Gasteiger partial charge in [-0.25, -0.2) is 9.78 Å². The second kappa shape index (κ2) is 6.04. The first-order valence-corrected chi connectivity index (χ1v) is 7.28. The van der Waals surface area contributed by atoms with E-state index in [-0.39, 0.29) is 16.8 Å². The van der Waals surface area contributed by atoms with Crippen molar-refractivity contribution in [2.75, 3.05) is 0 Å². The molecule has 0 bridgehead atoms. The Kier molecular flexibility index (Phi) is 4.37. The van der Waals surface area contributed by atoms with Gasteiger partial charge in [0, 0.05) is 12.7 Å². The highest BCUT2D eigenvalue weighted by Crippen LogP contribution is 2.23. The summed E-state index contributed by atoms with van der Waals surface area (Å²) >= 11 is 1.08. The minimum Gasteiger partial charge on any atom is -0.477 e. The van der Waals surface area contributed by atoms with Crippen molar-refractivity contribution in [3.8, 4) is 0 Å². The fraction of sp³-hybridized carbons (Fsp3) is 0.385. The number of amides is 1. The molecule has 21 heavy (non-hydrogen) atoms. The molecule has 1 amide bonds. The van der Waals surface area contributed by atoms with Crippen LogP contribution in [0.4, 0.5) is 0 Å². The molecule has 7 nitrogen and oxygen atoms in total. The summed E-state index contributed by atoms with van der Waals surface area (Å²) in [5.74, 6) is -1.26. The largest absolute Gasteiger partial charge is 0.477 e. The predicted molar refractivity (Wildman–Crippen MR) is 77.6 cm³/mol. The number of hydrogen-bond donors (Lipinski definition) is 2. The number of carboxylic acids is 1. The summed E-state index contributed by atoms with van der Waals surface area (Å²) in [5.41, 5.74) is 0.929. The number of nitrogens with one attached hydrogen (secondary N) is 1. The lowest BCUT2D eigenvalue weighted by molar-refractivity contribution is 0.0701. The summed E-state index contributed by atoms with van der Waals surface area (Å²) < 4.78 is 1.66. The second-order valence-electron chi connectivity index (χ2n) is 4.55. The van der Waals surface area contributed by atoms with Gasteiger partial charge >= 0.3 is 5.97 Å². The molecule has 8 heteroatoms. The van der Waals surface area contributed by atoms with Crippen LogP contribution in [0, 0.1) is 6.92 Å². The molecule has 0 aliphatic carbocycles. The van der Waals surface area contributed by atoms with Gasteiger partial charge in [-0.15, -0.1) is 11.3 Å². The first-order valence-electron chi connectivity index (χ1n) is 6.46. The molecule has 1 unspecified atom stereocenters. The van der Waals surface area contributed by atoms with Crippen LogP contribution in [0.1, 0.15) is 50.6 Å². The Morgan fingerprint density at radius 1 is 1.52 bits per heavy atom. The van der Waals surface area contributed by atoms with Gasteiger partial charge in [0.05, 0.1) is 23.5 Å². The summed E-state index contributed by atoms with van der Waals surface area (Å²) in [6, 6.07) is -0.362. The monoisotopic (exact) mass is 308 g/mol. The second-order valence-corrected chi connectivity index (χ2v) is 5.58. The van der Waals surface area contributed by atoms with Crippen LogP contribution in [0.3, 0.4) is 0 Å². The molecule has 0 aliphatic rings. The minimum absolute atomic E-state index is 0.199. The average Bonchev–Trinajstić information content (AvgIpc) is 3.04. The van der Waals surface area contributed by atoms with E-state index in [0.29, 0.717) is 22.8 Å². The van der Waals surface area contributed by atoms with Gasteiger partial charge in [0.25, 0.3) is 5.91 Å². The predicted octanol–water partition coefficient (Wildman–Crippen LogP) is 1.86. The molecular weight excluding hydrogens is 292 g/mol. The Hall–Kier alpha value is -2.22. The van der Waals surface area contributed by atoms with Gasteiger partial charge in [-0.1, -0.05) is 0 Å². The van der Waals surface area contributed by atoms with Crippen molar-refractivity contribution in [3.05, 3.63) is 33.5 Å². The first-order chi connectivity index (χ1) is 9.92. The molecule has 2 N–H and O–H groups in total. The Bertz CT molecular complexity index is 677. The third-order valence-corrected chi connectivity index (χ3v) is 4.27. The van der Waals surface area contributed by atoms with E-state index in [1.807, 2.05) is 6.92 Å². The minimum atomic E-state index is -1.00.